The van der Waals surface area contributed by atoms with Gasteiger partial charge in [-0.2, -0.15) is 0 Å². The van der Waals surface area contributed by atoms with Crippen LogP contribution in [0, 0.1) is 24.6 Å². The third kappa shape index (κ3) is 3.52. The molecule has 0 aliphatic heterocycles. The standard InChI is InChI=1S/C21H17FS/c1-3-18-5-4-6-20(21(18)22)19-11-9-16(10-12-19)7-8-17-13-15(2)23-14-17/h4-6,9-14H,3H2,1-2H3. The predicted molar refractivity (Wildman–Crippen MR) is 96.3 cm³/mol. The second-order valence-electron chi connectivity index (χ2n) is 5.41. The van der Waals surface area contributed by atoms with Crippen LogP contribution in [0.4, 0.5) is 4.39 Å². The second-order valence-corrected chi connectivity index (χ2v) is 6.52. The predicted octanol–water partition coefficient (Wildman–Crippen LogP) is 5.82. The van der Waals surface area contributed by atoms with Crippen molar-refractivity contribution in [3.63, 3.8) is 0 Å². The minimum absolute atomic E-state index is 0.123. The molecule has 0 nitrogen and oxygen atoms in total. The first kappa shape index (κ1) is 15.5. The molecular formula is C21H17FS. The maximum atomic E-state index is 14.4. The van der Waals surface area contributed by atoms with Crippen molar-refractivity contribution in [1.29, 1.82) is 0 Å². The van der Waals surface area contributed by atoms with E-state index in [1.54, 1.807) is 11.3 Å². The van der Waals surface area contributed by atoms with E-state index in [0.717, 1.165) is 22.3 Å². The molecule has 0 spiro atoms. The number of hydrogen-bond acceptors (Lipinski definition) is 1. The molecule has 1 heterocycles. The van der Waals surface area contributed by atoms with E-state index >= 15 is 0 Å². The Morgan fingerprint density at radius 3 is 2.39 bits per heavy atom. The van der Waals surface area contributed by atoms with Gasteiger partial charge in [-0.25, -0.2) is 4.39 Å². The van der Waals surface area contributed by atoms with Crippen molar-refractivity contribution in [2.75, 3.05) is 0 Å². The lowest BCUT2D eigenvalue weighted by Gasteiger charge is -2.07. The van der Waals surface area contributed by atoms with Gasteiger partial charge in [0.25, 0.3) is 0 Å². The Labute approximate surface area is 140 Å². The highest BCUT2D eigenvalue weighted by atomic mass is 32.1. The maximum Gasteiger partial charge on any atom is 0.134 e. The summed E-state index contributed by atoms with van der Waals surface area (Å²) in [6.07, 6.45) is 0.698. The molecule has 2 heteroatoms. The molecule has 0 saturated carbocycles. The molecule has 0 saturated heterocycles. The molecule has 0 N–H and O–H groups in total. The van der Waals surface area contributed by atoms with Crippen molar-refractivity contribution < 1.29 is 4.39 Å². The van der Waals surface area contributed by atoms with Gasteiger partial charge in [-0.3, -0.25) is 0 Å². The van der Waals surface area contributed by atoms with Gasteiger partial charge in [-0.1, -0.05) is 49.1 Å². The van der Waals surface area contributed by atoms with Gasteiger partial charge in [-0.05, 0) is 42.7 Å². The van der Waals surface area contributed by atoms with Crippen LogP contribution in [0.5, 0.6) is 0 Å². The Balaban J connectivity index is 1.87. The Hall–Kier alpha value is -2.37. The number of benzene rings is 2. The normalized spacial score (nSPS) is 10.2. The van der Waals surface area contributed by atoms with E-state index in [2.05, 4.69) is 30.2 Å². The van der Waals surface area contributed by atoms with Gasteiger partial charge in [0.05, 0.1) is 0 Å². The quantitative estimate of drug-likeness (QED) is 0.522. The molecule has 0 radical (unpaired) electrons. The Morgan fingerprint density at radius 1 is 1.00 bits per heavy atom. The molecule has 0 aliphatic carbocycles. The highest BCUT2D eigenvalue weighted by Gasteiger charge is 2.08. The minimum Gasteiger partial charge on any atom is -0.206 e. The van der Waals surface area contributed by atoms with Crippen molar-refractivity contribution in [3.05, 3.63) is 81.3 Å². The SMILES string of the molecule is CCc1cccc(-c2ccc(C#Cc3csc(C)c3)cc2)c1F. The number of hydrogen-bond donors (Lipinski definition) is 0. The van der Waals surface area contributed by atoms with Gasteiger partial charge in [0.1, 0.15) is 5.82 Å². The van der Waals surface area contributed by atoms with Crippen LogP contribution in [0.3, 0.4) is 0 Å². The Bertz CT molecular complexity index is 876. The molecule has 0 atom stereocenters. The maximum absolute atomic E-state index is 14.4. The lowest BCUT2D eigenvalue weighted by molar-refractivity contribution is 0.616. The van der Waals surface area contributed by atoms with Crippen molar-refractivity contribution in [2.24, 2.45) is 0 Å². The van der Waals surface area contributed by atoms with Gasteiger partial charge in [-0.15, -0.1) is 11.3 Å². The summed E-state index contributed by atoms with van der Waals surface area (Å²) in [7, 11) is 0. The summed E-state index contributed by atoms with van der Waals surface area (Å²) in [6, 6.07) is 15.4. The third-order valence-electron chi connectivity index (χ3n) is 3.74. The van der Waals surface area contributed by atoms with Crippen molar-refractivity contribution >= 4 is 11.3 Å². The van der Waals surface area contributed by atoms with E-state index in [-0.39, 0.29) is 5.82 Å². The Kier molecular flexibility index (Phi) is 4.60. The van der Waals surface area contributed by atoms with E-state index in [1.807, 2.05) is 49.4 Å². The van der Waals surface area contributed by atoms with Gasteiger partial charge in [0.2, 0.25) is 0 Å². The van der Waals surface area contributed by atoms with Crippen LogP contribution in [0.1, 0.15) is 28.5 Å². The van der Waals surface area contributed by atoms with Crippen LogP contribution in [0.2, 0.25) is 0 Å². The van der Waals surface area contributed by atoms with E-state index in [9.17, 15) is 4.39 Å². The molecule has 0 bridgehead atoms. The highest BCUT2D eigenvalue weighted by molar-refractivity contribution is 7.10. The summed E-state index contributed by atoms with van der Waals surface area (Å²) < 4.78 is 14.4. The second kappa shape index (κ2) is 6.81. The van der Waals surface area contributed by atoms with Crippen LogP contribution < -0.4 is 0 Å². The van der Waals surface area contributed by atoms with Gasteiger partial charge < -0.3 is 0 Å². The molecule has 0 fully saturated rings. The summed E-state index contributed by atoms with van der Waals surface area (Å²) in [5.41, 5.74) is 4.26. The van der Waals surface area contributed by atoms with Crippen LogP contribution >= 0.6 is 11.3 Å². The van der Waals surface area contributed by atoms with Gasteiger partial charge in [0.15, 0.2) is 0 Å². The molecule has 1 aromatic heterocycles. The van der Waals surface area contributed by atoms with Crippen LogP contribution in [0.15, 0.2) is 53.9 Å². The first-order valence-corrected chi connectivity index (χ1v) is 8.50. The first-order chi connectivity index (χ1) is 11.2. The van der Waals surface area contributed by atoms with E-state index in [1.165, 1.54) is 4.88 Å². The summed E-state index contributed by atoms with van der Waals surface area (Å²) in [4.78, 5) is 1.26. The molecule has 3 aromatic rings. The summed E-state index contributed by atoms with van der Waals surface area (Å²) in [6.45, 7) is 4.04. The summed E-state index contributed by atoms with van der Waals surface area (Å²) >= 11 is 1.70. The lowest BCUT2D eigenvalue weighted by Crippen LogP contribution is -1.91. The molecule has 0 amide bonds. The largest absolute Gasteiger partial charge is 0.206 e. The fraction of sp³-hybridized carbons (Fsp3) is 0.143. The molecule has 0 unspecified atom stereocenters. The fourth-order valence-electron chi connectivity index (χ4n) is 2.46. The third-order valence-corrected chi connectivity index (χ3v) is 4.60. The Morgan fingerprint density at radius 2 is 1.74 bits per heavy atom. The lowest BCUT2D eigenvalue weighted by atomic mass is 10.00. The van der Waals surface area contributed by atoms with Crippen LogP contribution in [-0.4, -0.2) is 0 Å². The topological polar surface area (TPSA) is 0 Å². The first-order valence-electron chi connectivity index (χ1n) is 7.62. The van der Waals surface area contributed by atoms with Crippen molar-refractivity contribution in [2.45, 2.75) is 20.3 Å². The number of thiophene rings is 1. The van der Waals surface area contributed by atoms with E-state index in [0.29, 0.717) is 12.0 Å². The molecule has 114 valence electrons. The molecule has 2 aromatic carbocycles. The van der Waals surface area contributed by atoms with Crippen LogP contribution in [-0.2, 0) is 6.42 Å². The fourth-order valence-corrected chi connectivity index (χ4v) is 3.10. The number of halogens is 1. The zero-order valence-electron chi connectivity index (χ0n) is 13.2. The monoisotopic (exact) mass is 320 g/mol. The average Bonchev–Trinajstić information content (AvgIpc) is 2.99. The van der Waals surface area contributed by atoms with Crippen LogP contribution in [0.25, 0.3) is 11.1 Å². The van der Waals surface area contributed by atoms with E-state index < -0.39 is 0 Å². The zero-order chi connectivity index (χ0) is 16.2. The van der Waals surface area contributed by atoms with Crippen molar-refractivity contribution in [3.8, 4) is 23.0 Å². The minimum atomic E-state index is -0.123. The summed E-state index contributed by atoms with van der Waals surface area (Å²) in [5.74, 6) is 6.19. The molecular weight excluding hydrogens is 303 g/mol. The average molecular weight is 320 g/mol. The van der Waals surface area contributed by atoms with Gasteiger partial charge in [0, 0.05) is 26.9 Å². The summed E-state index contributed by atoms with van der Waals surface area (Å²) in [5, 5.41) is 2.06. The number of aryl methyl sites for hydroxylation is 2. The zero-order valence-corrected chi connectivity index (χ0v) is 14.0. The number of rotatable bonds is 2. The molecule has 23 heavy (non-hydrogen) atoms. The molecule has 3 rings (SSSR count). The highest BCUT2D eigenvalue weighted by Crippen LogP contribution is 2.25. The smallest absolute Gasteiger partial charge is 0.134 e. The molecule has 0 aliphatic rings. The van der Waals surface area contributed by atoms with E-state index in [4.69, 9.17) is 0 Å². The van der Waals surface area contributed by atoms with Gasteiger partial charge >= 0.3 is 0 Å². The van der Waals surface area contributed by atoms with Crippen molar-refractivity contribution in [1.82, 2.24) is 0 Å².